The molecule has 0 radical (unpaired) electrons. The Morgan fingerprint density at radius 2 is 2.14 bits per heavy atom. The van der Waals surface area contributed by atoms with Gasteiger partial charge >= 0.3 is 0 Å². The predicted molar refractivity (Wildman–Crippen MR) is 79.0 cm³/mol. The summed E-state index contributed by atoms with van der Waals surface area (Å²) in [7, 11) is 0. The third-order valence-corrected chi connectivity index (χ3v) is 5.02. The molecule has 1 saturated heterocycles. The van der Waals surface area contributed by atoms with Crippen LogP contribution in [0.2, 0.25) is 0 Å². The first kappa shape index (κ1) is 13.0. The fraction of sp³-hybridized carbons (Fsp3) is 0.312. The normalized spacial score (nSPS) is 24.4. The SMILES string of the molecule is O=C1c2ccccc2C2OC2N1CCC(O)c1cccs1. The highest BCUT2D eigenvalue weighted by atomic mass is 32.1. The minimum atomic E-state index is -0.521. The van der Waals surface area contributed by atoms with Gasteiger partial charge in [-0.15, -0.1) is 11.3 Å². The summed E-state index contributed by atoms with van der Waals surface area (Å²) < 4.78 is 5.64. The van der Waals surface area contributed by atoms with E-state index in [1.54, 1.807) is 4.90 Å². The average Bonchev–Trinajstić information content (AvgIpc) is 3.10. The van der Waals surface area contributed by atoms with Gasteiger partial charge < -0.3 is 14.7 Å². The molecule has 108 valence electrons. The summed E-state index contributed by atoms with van der Waals surface area (Å²) >= 11 is 1.53. The number of benzene rings is 1. The van der Waals surface area contributed by atoms with Gasteiger partial charge in [0.15, 0.2) is 6.23 Å². The molecule has 0 bridgehead atoms. The van der Waals surface area contributed by atoms with E-state index in [4.69, 9.17) is 4.74 Å². The molecule has 0 aliphatic carbocycles. The highest BCUT2D eigenvalue weighted by Crippen LogP contribution is 2.46. The highest BCUT2D eigenvalue weighted by molar-refractivity contribution is 7.10. The van der Waals surface area contributed by atoms with E-state index in [1.165, 1.54) is 11.3 Å². The maximum Gasteiger partial charge on any atom is 0.256 e. The average molecular weight is 301 g/mol. The minimum Gasteiger partial charge on any atom is -0.388 e. The molecule has 2 aliphatic rings. The number of thiophene rings is 1. The van der Waals surface area contributed by atoms with Crippen LogP contribution < -0.4 is 0 Å². The molecule has 1 aromatic heterocycles. The summed E-state index contributed by atoms with van der Waals surface area (Å²) in [6, 6.07) is 11.4. The molecule has 2 aliphatic heterocycles. The van der Waals surface area contributed by atoms with E-state index < -0.39 is 6.10 Å². The zero-order chi connectivity index (χ0) is 14.4. The van der Waals surface area contributed by atoms with E-state index in [0.717, 1.165) is 16.0 Å². The van der Waals surface area contributed by atoms with Gasteiger partial charge in [0.25, 0.3) is 5.91 Å². The summed E-state index contributed by atoms with van der Waals surface area (Å²) in [6.07, 6.45) is -0.131. The molecule has 3 unspecified atom stereocenters. The van der Waals surface area contributed by atoms with Crippen molar-refractivity contribution < 1.29 is 14.6 Å². The van der Waals surface area contributed by atoms with Crippen molar-refractivity contribution in [3.05, 3.63) is 57.8 Å². The third kappa shape index (κ3) is 2.18. The van der Waals surface area contributed by atoms with Crippen LogP contribution in [0.3, 0.4) is 0 Å². The van der Waals surface area contributed by atoms with E-state index >= 15 is 0 Å². The van der Waals surface area contributed by atoms with Crippen molar-refractivity contribution in [2.24, 2.45) is 0 Å². The highest BCUT2D eigenvalue weighted by Gasteiger charge is 2.52. The summed E-state index contributed by atoms with van der Waals surface area (Å²) in [6.45, 7) is 0.507. The van der Waals surface area contributed by atoms with Crippen LogP contribution in [0, 0.1) is 0 Å². The first-order chi connectivity index (χ1) is 10.3. The Morgan fingerprint density at radius 3 is 2.95 bits per heavy atom. The lowest BCUT2D eigenvalue weighted by atomic mass is 9.98. The second-order valence-corrected chi connectivity index (χ2v) is 6.33. The second-order valence-electron chi connectivity index (χ2n) is 5.35. The topological polar surface area (TPSA) is 53.1 Å². The van der Waals surface area contributed by atoms with Crippen molar-refractivity contribution >= 4 is 17.2 Å². The van der Waals surface area contributed by atoms with Crippen LogP contribution in [-0.4, -0.2) is 28.7 Å². The molecule has 3 heterocycles. The summed E-state index contributed by atoms with van der Waals surface area (Å²) in [5.74, 6) is 0.00253. The standard InChI is InChI=1S/C16H15NO3S/c18-12(13-6-3-9-21-13)7-8-17-15(19)11-5-2-1-4-10(11)14-16(17)20-14/h1-6,9,12,14,16,18H,7-8H2. The van der Waals surface area contributed by atoms with Gasteiger partial charge in [-0.3, -0.25) is 4.79 Å². The maximum absolute atomic E-state index is 12.5. The molecule has 4 nitrogen and oxygen atoms in total. The Labute approximate surface area is 126 Å². The molecule has 1 fully saturated rings. The van der Waals surface area contributed by atoms with Crippen molar-refractivity contribution in [1.29, 1.82) is 0 Å². The van der Waals surface area contributed by atoms with Crippen molar-refractivity contribution in [1.82, 2.24) is 4.90 Å². The second kappa shape index (κ2) is 4.94. The first-order valence-corrected chi connectivity index (χ1v) is 7.90. The van der Waals surface area contributed by atoms with Crippen molar-refractivity contribution in [3.63, 3.8) is 0 Å². The van der Waals surface area contributed by atoms with Gasteiger partial charge in [0.05, 0.1) is 6.10 Å². The Hall–Kier alpha value is -1.69. The van der Waals surface area contributed by atoms with Gasteiger partial charge in [-0.1, -0.05) is 24.3 Å². The van der Waals surface area contributed by atoms with E-state index in [-0.39, 0.29) is 18.2 Å². The van der Waals surface area contributed by atoms with Crippen LogP contribution >= 0.6 is 11.3 Å². The first-order valence-electron chi connectivity index (χ1n) is 7.02. The zero-order valence-electron chi connectivity index (χ0n) is 11.3. The van der Waals surface area contributed by atoms with E-state index in [9.17, 15) is 9.90 Å². The Balaban J connectivity index is 1.49. The third-order valence-electron chi connectivity index (χ3n) is 4.05. The number of hydrogen-bond acceptors (Lipinski definition) is 4. The van der Waals surface area contributed by atoms with Crippen LogP contribution in [0.4, 0.5) is 0 Å². The number of aliphatic hydroxyl groups excluding tert-OH is 1. The van der Waals surface area contributed by atoms with Crippen LogP contribution in [0.25, 0.3) is 0 Å². The molecule has 1 amide bonds. The summed E-state index contributed by atoms with van der Waals surface area (Å²) in [4.78, 5) is 15.2. The fourth-order valence-electron chi connectivity index (χ4n) is 2.89. The number of rotatable bonds is 4. The summed E-state index contributed by atoms with van der Waals surface area (Å²) in [5, 5.41) is 12.1. The largest absolute Gasteiger partial charge is 0.388 e. The number of ether oxygens (including phenoxy) is 1. The number of hydrogen-bond donors (Lipinski definition) is 1. The van der Waals surface area contributed by atoms with Gasteiger partial charge in [0, 0.05) is 17.0 Å². The molecule has 5 heteroatoms. The minimum absolute atomic E-state index is 0.00253. The van der Waals surface area contributed by atoms with Crippen LogP contribution in [0.5, 0.6) is 0 Å². The van der Waals surface area contributed by atoms with Gasteiger partial charge in [-0.05, 0) is 29.5 Å². The monoisotopic (exact) mass is 301 g/mol. The number of epoxide rings is 1. The molecule has 0 saturated carbocycles. The fourth-order valence-corrected chi connectivity index (χ4v) is 3.64. The number of aliphatic hydroxyl groups is 1. The lowest BCUT2D eigenvalue weighted by molar-refractivity contribution is 0.0618. The lowest BCUT2D eigenvalue weighted by Gasteiger charge is -2.26. The zero-order valence-corrected chi connectivity index (χ0v) is 12.1. The van der Waals surface area contributed by atoms with Gasteiger partial charge in [-0.2, -0.15) is 0 Å². The summed E-state index contributed by atoms with van der Waals surface area (Å²) in [5.41, 5.74) is 1.71. The molecule has 21 heavy (non-hydrogen) atoms. The molecule has 3 atom stereocenters. The number of nitrogens with zero attached hydrogens (tertiary/aromatic N) is 1. The lowest BCUT2D eigenvalue weighted by Crippen LogP contribution is -2.38. The predicted octanol–water partition coefficient (Wildman–Crippen LogP) is 2.73. The van der Waals surface area contributed by atoms with E-state index in [0.29, 0.717) is 13.0 Å². The number of fused-ring (bicyclic) bond motifs is 3. The van der Waals surface area contributed by atoms with Crippen molar-refractivity contribution in [3.8, 4) is 0 Å². The van der Waals surface area contributed by atoms with Crippen LogP contribution in [0.15, 0.2) is 41.8 Å². The number of carbonyl (C=O) groups is 1. The smallest absolute Gasteiger partial charge is 0.256 e. The Bertz CT molecular complexity index is 670. The molecule has 4 rings (SSSR count). The van der Waals surface area contributed by atoms with Crippen molar-refractivity contribution in [2.75, 3.05) is 6.54 Å². The van der Waals surface area contributed by atoms with Gasteiger partial charge in [-0.25, -0.2) is 0 Å². The maximum atomic E-state index is 12.5. The number of carbonyl (C=O) groups excluding carboxylic acids is 1. The van der Waals surface area contributed by atoms with E-state index in [1.807, 2.05) is 41.8 Å². The molecular weight excluding hydrogens is 286 g/mol. The van der Waals surface area contributed by atoms with Crippen LogP contribution in [0.1, 0.15) is 39.4 Å². The molecule has 1 N–H and O–H groups in total. The van der Waals surface area contributed by atoms with Crippen LogP contribution in [-0.2, 0) is 4.74 Å². The van der Waals surface area contributed by atoms with Gasteiger partial charge in [0.1, 0.15) is 6.10 Å². The van der Waals surface area contributed by atoms with Gasteiger partial charge in [0.2, 0.25) is 0 Å². The molecule has 1 aromatic carbocycles. The molecule has 2 aromatic rings. The Kier molecular flexibility index (Phi) is 3.06. The van der Waals surface area contributed by atoms with E-state index in [2.05, 4.69) is 0 Å². The quantitative estimate of drug-likeness (QED) is 0.883. The molecular formula is C16H15NO3S. The van der Waals surface area contributed by atoms with Crippen molar-refractivity contribution in [2.45, 2.75) is 24.9 Å². The Morgan fingerprint density at radius 1 is 1.29 bits per heavy atom. The number of amides is 1. The molecule has 0 spiro atoms.